The zero-order valence-electron chi connectivity index (χ0n) is 9.37. The van der Waals surface area contributed by atoms with Gasteiger partial charge in [0.25, 0.3) is 0 Å². The highest BCUT2D eigenvalue weighted by molar-refractivity contribution is 8.00. The summed E-state index contributed by atoms with van der Waals surface area (Å²) in [6.07, 6.45) is 2.47. The molecule has 0 spiro atoms. The lowest BCUT2D eigenvalue weighted by Gasteiger charge is -2.33. The highest BCUT2D eigenvalue weighted by atomic mass is 35.5. The number of hydrogen-bond donors (Lipinski definition) is 2. The van der Waals surface area contributed by atoms with E-state index in [0.717, 1.165) is 5.02 Å². The molecule has 1 fully saturated rings. The van der Waals surface area contributed by atoms with Crippen molar-refractivity contribution in [3.8, 4) is 0 Å². The van der Waals surface area contributed by atoms with Gasteiger partial charge in [-0.2, -0.15) is 11.8 Å². The Morgan fingerprint density at radius 2 is 2.12 bits per heavy atom. The molecule has 0 aliphatic carbocycles. The van der Waals surface area contributed by atoms with Crippen LogP contribution in [0.5, 0.6) is 0 Å². The van der Waals surface area contributed by atoms with Crippen LogP contribution < -0.4 is 11.3 Å². The Bertz CT molecular complexity index is 347. The molecule has 2 rings (SSSR count). The summed E-state index contributed by atoms with van der Waals surface area (Å²) >= 11 is 7.90. The smallest absolute Gasteiger partial charge is 0.0604 e. The van der Waals surface area contributed by atoms with E-state index >= 15 is 0 Å². The molecule has 1 saturated heterocycles. The van der Waals surface area contributed by atoms with Crippen molar-refractivity contribution in [1.29, 1.82) is 0 Å². The highest BCUT2D eigenvalue weighted by Crippen LogP contribution is 2.46. The Kier molecular flexibility index (Phi) is 3.80. The van der Waals surface area contributed by atoms with Gasteiger partial charge in [0.15, 0.2) is 0 Å². The van der Waals surface area contributed by atoms with Crippen molar-refractivity contribution < 1.29 is 0 Å². The predicted octanol–water partition coefficient (Wildman–Crippen LogP) is 3.13. The second kappa shape index (κ2) is 4.96. The number of hydrogen-bond acceptors (Lipinski definition) is 3. The zero-order valence-corrected chi connectivity index (χ0v) is 10.9. The summed E-state index contributed by atoms with van der Waals surface area (Å²) in [5, 5.41) is 0.767. The first-order valence-corrected chi connectivity index (χ1v) is 6.87. The van der Waals surface area contributed by atoms with Gasteiger partial charge in [0.05, 0.1) is 6.04 Å². The topological polar surface area (TPSA) is 38.0 Å². The molecule has 2 nitrogen and oxygen atoms in total. The van der Waals surface area contributed by atoms with E-state index in [9.17, 15) is 0 Å². The van der Waals surface area contributed by atoms with E-state index in [1.165, 1.54) is 24.2 Å². The van der Waals surface area contributed by atoms with Crippen LogP contribution in [-0.2, 0) is 0 Å². The van der Waals surface area contributed by atoms with Crippen molar-refractivity contribution in [2.75, 3.05) is 5.75 Å². The summed E-state index contributed by atoms with van der Waals surface area (Å²) in [6, 6.07) is 8.14. The molecule has 0 saturated carbocycles. The maximum Gasteiger partial charge on any atom is 0.0604 e. The summed E-state index contributed by atoms with van der Waals surface area (Å²) in [5.74, 6) is 6.94. The summed E-state index contributed by atoms with van der Waals surface area (Å²) < 4.78 is 0.197. The van der Waals surface area contributed by atoms with E-state index < -0.39 is 0 Å². The Balaban J connectivity index is 2.25. The molecule has 2 unspecified atom stereocenters. The minimum atomic E-state index is 0.192. The molecule has 1 aromatic carbocycles. The number of nitrogens with one attached hydrogen (secondary N) is 1. The van der Waals surface area contributed by atoms with Gasteiger partial charge in [-0.25, -0.2) is 0 Å². The molecule has 1 aliphatic heterocycles. The van der Waals surface area contributed by atoms with Gasteiger partial charge < -0.3 is 0 Å². The maximum atomic E-state index is 5.90. The van der Waals surface area contributed by atoms with Gasteiger partial charge >= 0.3 is 0 Å². The molecule has 16 heavy (non-hydrogen) atoms. The van der Waals surface area contributed by atoms with Crippen LogP contribution in [0.1, 0.15) is 31.4 Å². The third kappa shape index (κ3) is 2.38. The number of nitrogens with two attached hydrogens (primary N) is 1. The fraction of sp³-hybridized carbons (Fsp3) is 0.500. The number of halogens is 1. The standard InChI is InChI=1S/C12H17ClN2S/c1-12(7-2-8-16-12)11(15-14)9-3-5-10(13)6-4-9/h3-6,11,15H,2,7-8,14H2,1H3. The van der Waals surface area contributed by atoms with Gasteiger partial charge in [0.1, 0.15) is 0 Å². The van der Waals surface area contributed by atoms with E-state index in [1.807, 2.05) is 23.9 Å². The second-order valence-electron chi connectivity index (χ2n) is 4.42. The van der Waals surface area contributed by atoms with E-state index in [2.05, 4.69) is 24.5 Å². The third-order valence-electron chi connectivity index (χ3n) is 3.23. The summed E-state index contributed by atoms with van der Waals surface area (Å²) in [6.45, 7) is 2.28. The molecule has 0 amide bonds. The van der Waals surface area contributed by atoms with E-state index in [4.69, 9.17) is 17.4 Å². The number of benzene rings is 1. The molecule has 0 aromatic heterocycles. The van der Waals surface area contributed by atoms with E-state index in [0.29, 0.717) is 0 Å². The van der Waals surface area contributed by atoms with Crippen molar-refractivity contribution in [3.05, 3.63) is 34.9 Å². The Morgan fingerprint density at radius 1 is 1.44 bits per heavy atom. The Hall–Kier alpha value is -0.220. The molecule has 0 bridgehead atoms. The molecule has 88 valence electrons. The van der Waals surface area contributed by atoms with Crippen molar-refractivity contribution in [2.45, 2.75) is 30.6 Å². The lowest BCUT2D eigenvalue weighted by molar-refractivity contribution is 0.421. The van der Waals surface area contributed by atoms with Crippen LogP contribution in [-0.4, -0.2) is 10.5 Å². The average Bonchev–Trinajstić information content (AvgIpc) is 2.70. The van der Waals surface area contributed by atoms with Crippen LogP contribution >= 0.6 is 23.4 Å². The maximum absolute atomic E-state index is 5.90. The number of thioether (sulfide) groups is 1. The van der Waals surface area contributed by atoms with Gasteiger partial charge in [-0.1, -0.05) is 23.7 Å². The minimum Gasteiger partial charge on any atom is -0.271 e. The largest absolute Gasteiger partial charge is 0.271 e. The van der Waals surface area contributed by atoms with Crippen LogP contribution in [0.3, 0.4) is 0 Å². The summed E-state index contributed by atoms with van der Waals surface area (Å²) in [5.41, 5.74) is 4.17. The van der Waals surface area contributed by atoms with Gasteiger partial charge in [0.2, 0.25) is 0 Å². The first kappa shape index (κ1) is 12.2. The van der Waals surface area contributed by atoms with Crippen molar-refractivity contribution in [1.82, 2.24) is 5.43 Å². The monoisotopic (exact) mass is 256 g/mol. The van der Waals surface area contributed by atoms with Crippen LogP contribution in [0.25, 0.3) is 0 Å². The molecular formula is C12H17ClN2S. The lowest BCUT2D eigenvalue weighted by Crippen LogP contribution is -2.41. The normalized spacial score (nSPS) is 26.9. The zero-order chi connectivity index (χ0) is 11.6. The quantitative estimate of drug-likeness (QED) is 0.645. The van der Waals surface area contributed by atoms with Crippen LogP contribution in [0.15, 0.2) is 24.3 Å². The van der Waals surface area contributed by atoms with E-state index in [1.54, 1.807) is 0 Å². The van der Waals surface area contributed by atoms with Crippen molar-refractivity contribution >= 4 is 23.4 Å². The molecule has 3 N–H and O–H groups in total. The Labute approximate surface area is 106 Å². The molecule has 1 aliphatic rings. The molecular weight excluding hydrogens is 240 g/mol. The van der Waals surface area contributed by atoms with Gasteiger partial charge in [0, 0.05) is 9.77 Å². The average molecular weight is 257 g/mol. The minimum absolute atomic E-state index is 0.192. The molecule has 0 radical (unpaired) electrons. The van der Waals surface area contributed by atoms with Crippen molar-refractivity contribution in [3.63, 3.8) is 0 Å². The highest BCUT2D eigenvalue weighted by Gasteiger charge is 2.38. The Morgan fingerprint density at radius 3 is 2.62 bits per heavy atom. The van der Waals surface area contributed by atoms with Crippen LogP contribution in [0.4, 0.5) is 0 Å². The first-order valence-electron chi connectivity index (χ1n) is 5.51. The second-order valence-corrected chi connectivity index (χ2v) is 6.48. The lowest BCUT2D eigenvalue weighted by atomic mass is 9.91. The van der Waals surface area contributed by atoms with Crippen LogP contribution in [0.2, 0.25) is 5.02 Å². The van der Waals surface area contributed by atoms with Crippen LogP contribution in [0, 0.1) is 0 Å². The molecule has 2 atom stereocenters. The fourth-order valence-corrected chi connectivity index (χ4v) is 3.85. The molecule has 1 heterocycles. The summed E-state index contributed by atoms with van der Waals surface area (Å²) in [7, 11) is 0. The SMILES string of the molecule is CC1(C(NN)c2ccc(Cl)cc2)CCCS1. The van der Waals surface area contributed by atoms with Gasteiger partial charge in [-0.05, 0) is 43.2 Å². The van der Waals surface area contributed by atoms with E-state index in [-0.39, 0.29) is 10.8 Å². The van der Waals surface area contributed by atoms with Crippen molar-refractivity contribution in [2.24, 2.45) is 5.84 Å². The number of hydrazine groups is 1. The van der Waals surface area contributed by atoms with Gasteiger partial charge in [-0.3, -0.25) is 11.3 Å². The van der Waals surface area contributed by atoms with Gasteiger partial charge in [-0.15, -0.1) is 0 Å². The fourth-order valence-electron chi connectivity index (χ4n) is 2.31. The predicted molar refractivity (Wildman–Crippen MR) is 71.6 cm³/mol. The summed E-state index contributed by atoms with van der Waals surface area (Å²) in [4.78, 5) is 0. The molecule has 1 aromatic rings. The third-order valence-corrected chi connectivity index (χ3v) is 5.07. The number of rotatable bonds is 3. The molecule has 4 heteroatoms. The first-order chi connectivity index (χ1) is 7.65.